The number of carbonyl (C=O) groups is 3. The third-order valence-corrected chi connectivity index (χ3v) is 7.32. The second-order valence-electron chi connectivity index (χ2n) is 8.13. The zero-order valence-electron chi connectivity index (χ0n) is 18.8. The minimum atomic E-state index is -0.860. The largest absolute Gasteiger partial charge is 0.494 e. The van der Waals surface area contributed by atoms with Crippen LogP contribution in [0.2, 0.25) is 0 Å². The number of methoxy groups -OCH3 is 1. The number of aromatic nitrogens is 3. The van der Waals surface area contributed by atoms with Gasteiger partial charge in [-0.1, -0.05) is 30.3 Å². The number of anilines is 1. The second kappa shape index (κ2) is 9.88. The van der Waals surface area contributed by atoms with Crippen LogP contribution in [-0.2, 0) is 11.2 Å². The number of hydrogen-bond donors (Lipinski definition) is 1. The first-order chi connectivity index (χ1) is 17.0. The molecule has 4 aromatic rings. The molecule has 9 nitrogen and oxygen atoms in total. The molecule has 1 N–H and O–H groups in total. The van der Waals surface area contributed by atoms with Gasteiger partial charge in [-0.3, -0.25) is 19.7 Å². The van der Waals surface area contributed by atoms with Crippen LogP contribution in [0.25, 0.3) is 10.2 Å². The highest BCUT2D eigenvalue weighted by Crippen LogP contribution is 2.31. The van der Waals surface area contributed by atoms with E-state index in [1.54, 1.807) is 16.3 Å². The first-order valence-corrected chi connectivity index (χ1v) is 12.6. The van der Waals surface area contributed by atoms with E-state index in [0.717, 1.165) is 24.4 Å². The van der Waals surface area contributed by atoms with E-state index < -0.39 is 11.7 Å². The number of nitrogens with one attached hydrogen (secondary N) is 1. The monoisotopic (exact) mass is 507 g/mol. The number of thiazole rings is 1. The van der Waals surface area contributed by atoms with Gasteiger partial charge in [0.15, 0.2) is 22.3 Å². The zero-order valence-corrected chi connectivity index (χ0v) is 20.4. The van der Waals surface area contributed by atoms with Crippen molar-refractivity contribution < 1.29 is 19.1 Å². The number of benzene rings is 1. The van der Waals surface area contributed by atoms with E-state index in [1.807, 2.05) is 18.2 Å². The van der Waals surface area contributed by atoms with Gasteiger partial charge in [0.05, 0.1) is 11.8 Å². The molecule has 1 saturated heterocycles. The molecule has 1 fully saturated rings. The summed E-state index contributed by atoms with van der Waals surface area (Å²) in [6.45, 7) is 1.23. The van der Waals surface area contributed by atoms with E-state index in [1.165, 1.54) is 30.2 Å². The van der Waals surface area contributed by atoms with Crippen molar-refractivity contribution in [2.24, 2.45) is 5.92 Å². The number of ketones is 1. The third-order valence-electron chi connectivity index (χ3n) is 5.85. The van der Waals surface area contributed by atoms with Crippen molar-refractivity contribution in [2.75, 3.05) is 25.5 Å². The molecule has 1 unspecified atom stereocenters. The number of carbonyl (C=O) groups excluding carboxylic acids is 3. The molecule has 3 aromatic heterocycles. The maximum atomic E-state index is 13.4. The van der Waals surface area contributed by atoms with Crippen LogP contribution < -0.4 is 10.1 Å². The number of rotatable bonds is 7. The highest BCUT2D eigenvalue weighted by molar-refractivity contribution is 7.14. The quantitative estimate of drug-likeness (QED) is 0.300. The average molecular weight is 508 g/mol. The summed E-state index contributed by atoms with van der Waals surface area (Å²) in [4.78, 5) is 48.8. The molecule has 0 radical (unpaired) electrons. The Morgan fingerprint density at radius 2 is 2.03 bits per heavy atom. The standard InChI is InChI=1S/C24H21N5O4S2/c1-33-16-12-17-19(20(28-35-17)21(30)22(31)27-24-25-8-10-34-24)26-18(16)23(32)29-9-7-15(13-29)11-14-5-3-2-4-6-14/h2-6,8,10,12,15H,7,9,11,13H2,1H3,(H,25,27,31). The van der Waals surface area contributed by atoms with Crippen LogP contribution >= 0.6 is 22.9 Å². The van der Waals surface area contributed by atoms with Gasteiger partial charge in [-0.15, -0.1) is 11.3 Å². The molecule has 1 aliphatic heterocycles. The molecule has 1 atom stereocenters. The van der Waals surface area contributed by atoms with Crippen molar-refractivity contribution in [1.82, 2.24) is 19.2 Å². The van der Waals surface area contributed by atoms with E-state index >= 15 is 0 Å². The topological polar surface area (TPSA) is 114 Å². The summed E-state index contributed by atoms with van der Waals surface area (Å²) < 4.78 is 10.1. The smallest absolute Gasteiger partial charge is 0.300 e. The Bertz CT molecular complexity index is 1390. The molecule has 178 valence electrons. The lowest BCUT2D eigenvalue weighted by Crippen LogP contribution is -2.30. The van der Waals surface area contributed by atoms with Gasteiger partial charge in [0.25, 0.3) is 17.6 Å². The average Bonchev–Trinajstić information content (AvgIpc) is 3.64. The number of fused-ring (bicyclic) bond motifs is 1. The molecule has 5 rings (SSSR count). The molecule has 11 heteroatoms. The van der Waals surface area contributed by atoms with E-state index in [4.69, 9.17) is 4.74 Å². The van der Waals surface area contributed by atoms with Crippen LogP contribution in [0.3, 0.4) is 0 Å². The number of Topliss-reactive ketones (excluding diaryl/α,β-unsaturated/α-hetero) is 1. The van der Waals surface area contributed by atoms with Crippen LogP contribution in [0.4, 0.5) is 5.13 Å². The number of nitrogens with zero attached hydrogens (tertiary/aromatic N) is 4. The van der Waals surface area contributed by atoms with Gasteiger partial charge in [0.2, 0.25) is 0 Å². The third kappa shape index (κ3) is 4.77. The van der Waals surface area contributed by atoms with E-state index in [0.29, 0.717) is 34.6 Å². The highest BCUT2D eigenvalue weighted by atomic mass is 32.1. The van der Waals surface area contributed by atoms with E-state index in [9.17, 15) is 14.4 Å². The maximum Gasteiger partial charge on any atom is 0.300 e. The first-order valence-electron chi connectivity index (χ1n) is 11.0. The van der Waals surface area contributed by atoms with E-state index in [2.05, 4.69) is 31.8 Å². The minimum Gasteiger partial charge on any atom is -0.494 e. The Kier molecular flexibility index (Phi) is 6.51. The van der Waals surface area contributed by atoms with Crippen molar-refractivity contribution in [3.63, 3.8) is 0 Å². The number of amides is 2. The van der Waals surface area contributed by atoms with Gasteiger partial charge in [0, 0.05) is 30.7 Å². The first kappa shape index (κ1) is 23.1. The molecule has 0 saturated carbocycles. The number of hydrogen-bond acceptors (Lipinski definition) is 9. The maximum absolute atomic E-state index is 13.4. The molecule has 2 amide bonds. The van der Waals surface area contributed by atoms with Crippen LogP contribution in [-0.4, -0.2) is 57.0 Å². The molecule has 1 aliphatic rings. The number of pyridine rings is 1. The van der Waals surface area contributed by atoms with E-state index in [-0.39, 0.29) is 22.8 Å². The number of ether oxygens (including phenoxy) is 1. The lowest BCUT2D eigenvalue weighted by Gasteiger charge is -2.18. The lowest BCUT2D eigenvalue weighted by atomic mass is 9.99. The molecule has 0 spiro atoms. The fourth-order valence-corrected chi connectivity index (χ4v) is 5.41. The Morgan fingerprint density at radius 3 is 2.77 bits per heavy atom. The van der Waals surface area contributed by atoms with Gasteiger partial charge in [-0.2, -0.15) is 4.37 Å². The summed E-state index contributed by atoms with van der Waals surface area (Å²) in [6, 6.07) is 11.8. The summed E-state index contributed by atoms with van der Waals surface area (Å²) in [6.07, 6.45) is 3.32. The summed E-state index contributed by atoms with van der Waals surface area (Å²) in [5, 5.41) is 4.46. The van der Waals surface area contributed by atoms with Crippen molar-refractivity contribution in [3.05, 3.63) is 64.9 Å². The number of likely N-dealkylation sites (tertiary alicyclic amines) is 1. The highest BCUT2D eigenvalue weighted by Gasteiger charge is 2.31. The predicted molar refractivity (Wildman–Crippen MR) is 133 cm³/mol. The molecule has 4 heterocycles. The summed E-state index contributed by atoms with van der Waals surface area (Å²) in [5.74, 6) is -1.31. The van der Waals surface area contributed by atoms with Gasteiger partial charge in [-0.25, -0.2) is 9.97 Å². The Hall–Kier alpha value is -3.70. The van der Waals surface area contributed by atoms with Gasteiger partial charge >= 0.3 is 0 Å². The molecule has 0 aliphatic carbocycles. The van der Waals surface area contributed by atoms with Crippen molar-refractivity contribution >= 4 is 55.8 Å². The fourth-order valence-electron chi connectivity index (χ4n) is 4.14. The normalized spacial score (nSPS) is 15.3. The van der Waals surface area contributed by atoms with Crippen LogP contribution in [0.5, 0.6) is 5.75 Å². The predicted octanol–water partition coefficient (Wildman–Crippen LogP) is 3.68. The molecule has 1 aromatic carbocycles. The molecule has 35 heavy (non-hydrogen) atoms. The van der Waals surface area contributed by atoms with Crippen LogP contribution in [0.1, 0.15) is 33.0 Å². The summed E-state index contributed by atoms with van der Waals surface area (Å²) in [5.41, 5.74) is 1.46. The van der Waals surface area contributed by atoms with Crippen molar-refractivity contribution in [2.45, 2.75) is 12.8 Å². The SMILES string of the molecule is COc1cc2snc(C(=O)C(=O)Nc3nccs3)c2nc1C(=O)N1CCC(Cc2ccccc2)C1. The Morgan fingerprint density at radius 1 is 1.20 bits per heavy atom. The fraction of sp³-hybridized carbons (Fsp3) is 0.250. The zero-order chi connectivity index (χ0) is 24.4. The minimum absolute atomic E-state index is 0.0980. The summed E-state index contributed by atoms with van der Waals surface area (Å²) in [7, 11) is 1.47. The van der Waals surface area contributed by atoms with Crippen LogP contribution in [0.15, 0.2) is 48.0 Å². The van der Waals surface area contributed by atoms with Crippen LogP contribution in [0, 0.1) is 5.92 Å². The Labute approximate surface area is 208 Å². The second-order valence-corrected chi connectivity index (χ2v) is 9.83. The van der Waals surface area contributed by atoms with Gasteiger partial charge < -0.3 is 9.64 Å². The molecule has 0 bridgehead atoms. The lowest BCUT2D eigenvalue weighted by molar-refractivity contribution is -0.112. The molecular formula is C24H21N5O4S2. The molecular weight excluding hydrogens is 486 g/mol. The summed E-state index contributed by atoms with van der Waals surface area (Å²) >= 11 is 2.22. The van der Waals surface area contributed by atoms with Crippen molar-refractivity contribution in [3.8, 4) is 5.75 Å². The Balaban J connectivity index is 1.38. The van der Waals surface area contributed by atoms with Crippen molar-refractivity contribution in [1.29, 1.82) is 0 Å². The van der Waals surface area contributed by atoms with Gasteiger partial charge in [0.1, 0.15) is 5.52 Å². The van der Waals surface area contributed by atoms with Gasteiger partial charge in [-0.05, 0) is 35.9 Å².